The molecule has 1 fully saturated rings. The summed E-state index contributed by atoms with van der Waals surface area (Å²) >= 11 is 0. The highest BCUT2D eigenvalue weighted by molar-refractivity contribution is 5.71. The standard InChI is InChI=1S/C11H18F3NO3/c1-10(2-4-18-5-3-10)7-15-6-8(9(16)17)11(12,13)14/h8,15H,2-7H2,1H3,(H,16,17). The van der Waals surface area contributed by atoms with E-state index >= 15 is 0 Å². The fourth-order valence-corrected chi connectivity index (χ4v) is 1.90. The predicted molar refractivity (Wildman–Crippen MR) is 58.2 cm³/mol. The van der Waals surface area contributed by atoms with Crippen LogP contribution < -0.4 is 5.32 Å². The fraction of sp³-hybridized carbons (Fsp3) is 0.909. The van der Waals surface area contributed by atoms with Gasteiger partial charge in [0.25, 0.3) is 0 Å². The smallest absolute Gasteiger partial charge is 0.403 e. The van der Waals surface area contributed by atoms with Crippen molar-refractivity contribution >= 4 is 5.97 Å². The van der Waals surface area contributed by atoms with Crippen molar-refractivity contribution in [1.29, 1.82) is 0 Å². The minimum absolute atomic E-state index is 0.118. The Morgan fingerprint density at radius 3 is 2.44 bits per heavy atom. The lowest BCUT2D eigenvalue weighted by Crippen LogP contribution is -2.43. The number of ether oxygens (including phenoxy) is 1. The second-order valence-corrected chi connectivity index (χ2v) is 4.99. The first-order chi connectivity index (χ1) is 8.25. The quantitative estimate of drug-likeness (QED) is 0.797. The van der Waals surface area contributed by atoms with Gasteiger partial charge in [-0.05, 0) is 18.3 Å². The molecule has 0 bridgehead atoms. The van der Waals surface area contributed by atoms with Crippen LogP contribution in [0.15, 0.2) is 0 Å². The summed E-state index contributed by atoms with van der Waals surface area (Å²) < 4.78 is 42.4. The molecule has 4 nitrogen and oxygen atoms in total. The monoisotopic (exact) mass is 269 g/mol. The molecule has 1 aliphatic heterocycles. The Labute approximate surface area is 103 Å². The van der Waals surface area contributed by atoms with Gasteiger partial charge in [0, 0.05) is 26.3 Å². The maximum absolute atomic E-state index is 12.4. The Balaban J connectivity index is 2.41. The van der Waals surface area contributed by atoms with Crippen LogP contribution in [0.5, 0.6) is 0 Å². The van der Waals surface area contributed by atoms with Gasteiger partial charge in [-0.15, -0.1) is 0 Å². The molecule has 18 heavy (non-hydrogen) atoms. The van der Waals surface area contributed by atoms with Crippen molar-refractivity contribution < 1.29 is 27.8 Å². The van der Waals surface area contributed by atoms with Crippen LogP contribution in [-0.4, -0.2) is 43.6 Å². The third-order valence-corrected chi connectivity index (χ3v) is 3.29. The van der Waals surface area contributed by atoms with Gasteiger partial charge in [-0.3, -0.25) is 4.79 Å². The Kier molecular flexibility index (Phi) is 4.98. The van der Waals surface area contributed by atoms with E-state index in [0.717, 1.165) is 12.8 Å². The molecule has 0 amide bonds. The van der Waals surface area contributed by atoms with Gasteiger partial charge in [-0.2, -0.15) is 13.2 Å². The minimum Gasteiger partial charge on any atom is -0.481 e. The number of hydrogen-bond donors (Lipinski definition) is 2. The number of halogens is 3. The van der Waals surface area contributed by atoms with Crippen molar-refractivity contribution in [1.82, 2.24) is 5.32 Å². The van der Waals surface area contributed by atoms with Crippen LogP contribution in [0.3, 0.4) is 0 Å². The second kappa shape index (κ2) is 5.88. The molecule has 1 saturated heterocycles. The number of carbonyl (C=O) groups is 1. The number of carboxylic acids is 1. The second-order valence-electron chi connectivity index (χ2n) is 4.99. The summed E-state index contributed by atoms with van der Waals surface area (Å²) in [5, 5.41) is 11.2. The van der Waals surface area contributed by atoms with E-state index in [1.54, 1.807) is 0 Å². The summed E-state index contributed by atoms with van der Waals surface area (Å²) in [4.78, 5) is 10.5. The van der Waals surface area contributed by atoms with Crippen LogP contribution in [0.2, 0.25) is 0 Å². The molecule has 1 heterocycles. The molecule has 1 unspecified atom stereocenters. The zero-order chi connectivity index (χ0) is 13.8. The number of carboxylic acid groups (broad SMARTS) is 1. The molecule has 1 rings (SSSR count). The van der Waals surface area contributed by atoms with E-state index in [-0.39, 0.29) is 5.41 Å². The maximum atomic E-state index is 12.4. The summed E-state index contributed by atoms with van der Waals surface area (Å²) in [6.45, 7) is 2.94. The largest absolute Gasteiger partial charge is 0.481 e. The number of nitrogens with one attached hydrogen (secondary N) is 1. The van der Waals surface area contributed by atoms with Crippen molar-refractivity contribution in [2.45, 2.75) is 25.9 Å². The number of hydrogen-bond acceptors (Lipinski definition) is 3. The molecule has 2 N–H and O–H groups in total. The average Bonchev–Trinajstić information content (AvgIpc) is 2.23. The van der Waals surface area contributed by atoms with Gasteiger partial charge in [0.15, 0.2) is 5.92 Å². The van der Waals surface area contributed by atoms with Crippen LogP contribution in [0.1, 0.15) is 19.8 Å². The van der Waals surface area contributed by atoms with Crippen molar-refractivity contribution in [3.63, 3.8) is 0 Å². The highest BCUT2D eigenvalue weighted by Crippen LogP contribution is 2.29. The molecule has 1 atom stereocenters. The SMILES string of the molecule is CC1(CNCC(C(=O)O)C(F)(F)F)CCOCC1. The third kappa shape index (κ3) is 4.45. The van der Waals surface area contributed by atoms with Gasteiger partial charge >= 0.3 is 12.1 Å². The Hall–Kier alpha value is -0.820. The molecule has 0 spiro atoms. The van der Waals surface area contributed by atoms with E-state index in [2.05, 4.69) is 5.32 Å². The first-order valence-electron chi connectivity index (χ1n) is 5.83. The summed E-state index contributed by atoms with van der Waals surface area (Å²) in [5.74, 6) is -4.19. The van der Waals surface area contributed by atoms with E-state index in [0.29, 0.717) is 19.8 Å². The molecule has 7 heteroatoms. The predicted octanol–water partition coefficient (Wildman–Crippen LogP) is 1.66. The Morgan fingerprint density at radius 1 is 1.44 bits per heavy atom. The molecular formula is C11H18F3NO3. The van der Waals surface area contributed by atoms with E-state index in [1.807, 2.05) is 6.92 Å². The molecule has 0 aromatic heterocycles. The summed E-state index contributed by atoms with van der Waals surface area (Å²) in [7, 11) is 0. The molecule has 0 aromatic carbocycles. The molecule has 0 saturated carbocycles. The summed E-state index contributed by atoms with van der Waals surface area (Å²) in [6, 6.07) is 0. The van der Waals surface area contributed by atoms with Crippen molar-refractivity contribution in [3.8, 4) is 0 Å². The van der Waals surface area contributed by atoms with Crippen molar-refractivity contribution in [3.05, 3.63) is 0 Å². The number of aliphatic carboxylic acids is 1. The average molecular weight is 269 g/mol. The van der Waals surface area contributed by atoms with E-state index < -0.39 is 24.6 Å². The van der Waals surface area contributed by atoms with Crippen molar-refractivity contribution in [2.75, 3.05) is 26.3 Å². The third-order valence-electron chi connectivity index (χ3n) is 3.29. The summed E-state index contributed by atoms with van der Waals surface area (Å²) in [6.07, 6.45) is -3.18. The van der Waals surface area contributed by atoms with Crippen LogP contribution in [0, 0.1) is 11.3 Å². The van der Waals surface area contributed by atoms with Gasteiger partial charge < -0.3 is 15.2 Å². The lowest BCUT2D eigenvalue weighted by molar-refractivity contribution is -0.192. The lowest BCUT2D eigenvalue weighted by Gasteiger charge is -2.34. The fourth-order valence-electron chi connectivity index (χ4n) is 1.90. The molecule has 106 valence electrons. The van der Waals surface area contributed by atoms with Gasteiger partial charge in [-0.1, -0.05) is 6.92 Å². The van der Waals surface area contributed by atoms with E-state index in [4.69, 9.17) is 9.84 Å². The lowest BCUT2D eigenvalue weighted by atomic mass is 9.82. The highest BCUT2D eigenvalue weighted by Gasteiger charge is 2.45. The molecule has 0 radical (unpaired) electrons. The molecule has 0 aliphatic carbocycles. The first kappa shape index (κ1) is 15.2. The van der Waals surface area contributed by atoms with E-state index in [9.17, 15) is 18.0 Å². The van der Waals surface area contributed by atoms with Gasteiger partial charge in [0.1, 0.15) is 0 Å². The number of alkyl halides is 3. The van der Waals surface area contributed by atoms with Crippen LogP contribution in [-0.2, 0) is 9.53 Å². The molecule has 0 aromatic rings. The highest BCUT2D eigenvalue weighted by atomic mass is 19.4. The number of rotatable bonds is 5. The van der Waals surface area contributed by atoms with Gasteiger partial charge in [-0.25, -0.2) is 0 Å². The van der Waals surface area contributed by atoms with Gasteiger partial charge in [0.2, 0.25) is 0 Å². The van der Waals surface area contributed by atoms with Gasteiger partial charge in [0.05, 0.1) is 0 Å². The zero-order valence-electron chi connectivity index (χ0n) is 10.2. The minimum atomic E-state index is -4.71. The topological polar surface area (TPSA) is 58.6 Å². The first-order valence-corrected chi connectivity index (χ1v) is 5.83. The Morgan fingerprint density at radius 2 is 2.00 bits per heavy atom. The van der Waals surface area contributed by atoms with Crippen molar-refractivity contribution in [2.24, 2.45) is 11.3 Å². The van der Waals surface area contributed by atoms with E-state index in [1.165, 1.54) is 0 Å². The van der Waals surface area contributed by atoms with Crippen LogP contribution in [0.25, 0.3) is 0 Å². The van der Waals surface area contributed by atoms with Crippen LogP contribution in [0.4, 0.5) is 13.2 Å². The zero-order valence-corrected chi connectivity index (χ0v) is 10.2. The molecular weight excluding hydrogens is 251 g/mol. The molecule has 1 aliphatic rings. The van der Waals surface area contributed by atoms with Crippen LogP contribution >= 0.6 is 0 Å². The summed E-state index contributed by atoms with van der Waals surface area (Å²) in [5.41, 5.74) is -0.118. The maximum Gasteiger partial charge on any atom is 0.403 e. The normalized spacial score (nSPS) is 21.6. The Bertz CT molecular complexity index is 288.